The van der Waals surface area contributed by atoms with Crippen LogP contribution in [-0.2, 0) is 4.74 Å². The molecule has 0 bridgehead atoms. The average Bonchev–Trinajstić information content (AvgIpc) is 2.87. The number of benzene rings is 1. The van der Waals surface area contributed by atoms with Gasteiger partial charge < -0.3 is 10.5 Å². The lowest BCUT2D eigenvalue weighted by atomic mass is 10.1. The van der Waals surface area contributed by atoms with Gasteiger partial charge in [-0.3, -0.25) is 0 Å². The van der Waals surface area contributed by atoms with Crippen molar-refractivity contribution in [2.75, 3.05) is 12.8 Å². The summed E-state index contributed by atoms with van der Waals surface area (Å²) in [6.07, 6.45) is 1.38. The summed E-state index contributed by atoms with van der Waals surface area (Å²) >= 11 is 0. The minimum absolute atomic E-state index is 0.0476. The molecular formula is C11H9N5O2. The second kappa shape index (κ2) is 4.55. The molecular weight excluding hydrogens is 234 g/mol. The Bertz CT molecular complexity index is 641. The molecule has 2 rings (SSSR count). The van der Waals surface area contributed by atoms with E-state index in [0.29, 0.717) is 11.4 Å². The van der Waals surface area contributed by atoms with Crippen LogP contribution in [-0.4, -0.2) is 27.8 Å². The van der Waals surface area contributed by atoms with Gasteiger partial charge in [0.25, 0.3) is 5.82 Å². The second-order valence-corrected chi connectivity index (χ2v) is 3.39. The zero-order valence-corrected chi connectivity index (χ0v) is 9.49. The molecule has 90 valence electrons. The Kier molecular flexibility index (Phi) is 2.93. The number of aromatic nitrogens is 3. The van der Waals surface area contributed by atoms with E-state index in [1.54, 1.807) is 12.1 Å². The van der Waals surface area contributed by atoms with Gasteiger partial charge in [-0.15, -0.1) is 5.10 Å². The molecule has 2 aromatic rings. The number of hydrogen-bond acceptors (Lipinski definition) is 6. The fraction of sp³-hybridized carbons (Fsp3) is 0.0909. The molecule has 0 aliphatic rings. The maximum Gasteiger partial charge on any atom is 0.340 e. The summed E-state index contributed by atoms with van der Waals surface area (Å²) in [5.74, 6) is -0.485. The van der Waals surface area contributed by atoms with Crippen LogP contribution in [0.25, 0.3) is 5.69 Å². The Morgan fingerprint density at radius 3 is 2.94 bits per heavy atom. The van der Waals surface area contributed by atoms with E-state index in [2.05, 4.69) is 14.8 Å². The highest BCUT2D eigenvalue weighted by molar-refractivity contribution is 5.95. The van der Waals surface area contributed by atoms with Gasteiger partial charge in [-0.2, -0.15) is 5.26 Å². The first-order valence-corrected chi connectivity index (χ1v) is 4.95. The average molecular weight is 243 g/mol. The summed E-state index contributed by atoms with van der Waals surface area (Å²) in [5, 5.41) is 12.5. The second-order valence-electron chi connectivity index (χ2n) is 3.39. The molecule has 0 saturated carbocycles. The van der Waals surface area contributed by atoms with Crippen molar-refractivity contribution in [3.63, 3.8) is 0 Å². The van der Waals surface area contributed by atoms with E-state index in [-0.39, 0.29) is 11.4 Å². The number of ether oxygens (including phenoxy) is 1. The summed E-state index contributed by atoms with van der Waals surface area (Å²) in [4.78, 5) is 15.3. The summed E-state index contributed by atoms with van der Waals surface area (Å²) in [5.41, 5.74) is 6.80. The smallest absolute Gasteiger partial charge is 0.340 e. The zero-order valence-electron chi connectivity index (χ0n) is 9.49. The standard InChI is InChI=1S/C11H9N5O2/c1-18-11(17)8-4-7(2-3-9(8)13)16-6-14-10(5-12)15-16/h2-4,6H,13H2,1H3. The van der Waals surface area contributed by atoms with Gasteiger partial charge in [0.05, 0.1) is 18.4 Å². The highest BCUT2D eigenvalue weighted by Crippen LogP contribution is 2.17. The molecule has 2 N–H and O–H groups in total. The van der Waals surface area contributed by atoms with Crippen molar-refractivity contribution in [3.05, 3.63) is 35.9 Å². The number of carbonyl (C=O) groups excluding carboxylic acids is 1. The normalized spacial score (nSPS) is 9.78. The van der Waals surface area contributed by atoms with Crippen molar-refractivity contribution in [2.24, 2.45) is 0 Å². The number of rotatable bonds is 2. The molecule has 1 aromatic carbocycles. The first-order chi connectivity index (χ1) is 8.65. The van der Waals surface area contributed by atoms with Crippen LogP contribution in [0.15, 0.2) is 24.5 Å². The minimum Gasteiger partial charge on any atom is -0.465 e. The molecule has 0 fully saturated rings. The lowest BCUT2D eigenvalue weighted by molar-refractivity contribution is 0.0602. The quantitative estimate of drug-likeness (QED) is 0.608. The van der Waals surface area contributed by atoms with E-state index < -0.39 is 5.97 Å². The van der Waals surface area contributed by atoms with Crippen molar-refractivity contribution in [3.8, 4) is 11.8 Å². The van der Waals surface area contributed by atoms with Crippen molar-refractivity contribution >= 4 is 11.7 Å². The summed E-state index contributed by atoms with van der Waals surface area (Å²) in [6.45, 7) is 0. The first-order valence-electron chi connectivity index (χ1n) is 4.95. The topological polar surface area (TPSA) is 107 Å². The van der Waals surface area contributed by atoms with E-state index in [0.717, 1.165) is 0 Å². The van der Waals surface area contributed by atoms with Crippen LogP contribution >= 0.6 is 0 Å². The van der Waals surface area contributed by atoms with Gasteiger partial charge in [-0.1, -0.05) is 0 Å². The number of esters is 1. The van der Waals surface area contributed by atoms with Gasteiger partial charge in [0.2, 0.25) is 0 Å². The summed E-state index contributed by atoms with van der Waals surface area (Å²) in [6, 6.07) is 6.57. The van der Waals surface area contributed by atoms with Gasteiger partial charge in [0.15, 0.2) is 0 Å². The molecule has 18 heavy (non-hydrogen) atoms. The molecule has 0 saturated heterocycles. The molecule has 0 aliphatic heterocycles. The minimum atomic E-state index is -0.532. The lowest BCUT2D eigenvalue weighted by Gasteiger charge is -2.06. The molecule has 0 radical (unpaired) electrons. The zero-order chi connectivity index (χ0) is 13.1. The molecule has 0 aliphatic carbocycles. The summed E-state index contributed by atoms with van der Waals surface area (Å²) in [7, 11) is 1.28. The molecule has 0 unspecified atom stereocenters. The maximum absolute atomic E-state index is 11.5. The molecule has 7 nitrogen and oxygen atoms in total. The summed E-state index contributed by atoms with van der Waals surface area (Å²) < 4.78 is 6.00. The monoisotopic (exact) mass is 243 g/mol. The molecule has 7 heteroatoms. The van der Waals surface area contributed by atoms with E-state index in [1.165, 1.54) is 24.2 Å². The number of nitrogens with zero attached hydrogens (tertiary/aromatic N) is 4. The Labute approximate surface area is 102 Å². The maximum atomic E-state index is 11.5. The van der Waals surface area contributed by atoms with Crippen molar-refractivity contribution in [1.82, 2.24) is 14.8 Å². The number of methoxy groups -OCH3 is 1. The predicted molar refractivity (Wildman–Crippen MR) is 61.8 cm³/mol. The van der Waals surface area contributed by atoms with Crippen LogP contribution in [0.4, 0.5) is 5.69 Å². The van der Waals surface area contributed by atoms with Crippen LogP contribution < -0.4 is 5.73 Å². The fourth-order valence-electron chi connectivity index (χ4n) is 1.41. The molecule has 1 heterocycles. The largest absolute Gasteiger partial charge is 0.465 e. The fourth-order valence-corrected chi connectivity index (χ4v) is 1.41. The Hall–Kier alpha value is -2.88. The number of nitriles is 1. The molecule has 1 aromatic heterocycles. The van der Waals surface area contributed by atoms with Crippen molar-refractivity contribution in [2.45, 2.75) is 0 Å². The van der Waals surface area contributed by atoms with Gasteiger partial charge in [0.1, 0.15) is 12.4 Å². The number of hydrogen-bond donors (Lipinski definition) is 1. The SMILES string of the molecule is COC(=O)c1cc(-n2cnc(C#N)n2)ccc1N. The van der Waals surface area contributed by atoms with Gasteiger partial charge >= 0.3 is 5.97 Å². The Balaban J connectivity index is 2.47. The van der Waals surface area contributed by atoms with Crippen molar-refractivity contribution in [1.29, 1.82) is 5.26 Å². The van der Waals surface area contributed by atoms with Crippen LogP contribution in [0.1, 0.15) is 16.2 Å². The number of nitrogen functional groups attached to an aromatic ring is 1. The van der Waals surface area contributed by atoms with Gasteiger partial charge in [-0.05, 0) is 18.2 Å². The Morgan fingerprint density at radius 2 is 2.33 bits per heavy atom. The molecule has 0 atom stereocenters. The number of anilines is 1. The predicted octanol–water partition coefficient (Wildman–Crippen LogP) is 0.508. The number of nitrogens with two attached hydrogens (primary N) is 1. The van der Waals surface area contributed by atoms with E-state index in [4.69, 9.17) is 11.0 Å². The highest BCUT2D eigenvalue weighted by atomic mass is 16.5. The number of carbonyl (C=O) groups is 1. The molecule has 0 spiro atoms. The van der Waals surface area contributed by atoms with Crippen molar-refractivity contribution < 1.29 is 9.53 Å². The van der Waals surface area contributed by atoms with Gasteiger partial charge in [-0.25, -0.2) is 14.5 Å². The van der Waals surface area contributed by atoms with Crippen LogP contribution in [0, 0.1) is 11.3 Å². The third-order valence-corrected chi connectivity index (χ3v) is 2.30. The van der Waals surface area contributed by atoms with Crippen LogP contribution in [0.5, 0.6) is 0 Å². The van der Waals surface area contributed by atoms with E-state index in [1.807, 2.05) is 6.07 Å². The first kappa shape index (κ1) is 11.6. The Morgan fingerprint density at radius 1 is 1.56 bits per heavy atom. The highest BCUT2D eigenvalue weighted by Gasteiger charge is 2.12. The third kappa shape index (κ3) is 1.99. The van der Waals surface area contributed by atoms with Crippen LogP contribution in [0.2, 0.25) is 0 Å². The van der Waals surface area contributed by atoms with E-state index >= 15 is 0 Å². The third-order valence-electron chi connectivity index (χ3n) is 2.30. The van der Waals surface area contributed by atoms with E-state index in [9.17, 15) is 4.79 Å². The van der Waals surface area contributed by atoms with Gasteiger partial charge in [0, 0.05) is 5.69 Å². The molecule has 0 amide bonds. The lowest BCUT2D eigenvalue weighted by Crippen LogP contribution is -2.07. The van der Waals surface area contributed by atoms with Crippen LogP contribution in [0.3, 0.4) is 0 Å².